The topological polar surface area (TPSA) is 75.7 Å². The lowest BCUT2D eigenvalue weighted by Crippen LogP contribution is -2.31. The fraction of sp³-hybridized carbons (Fsp3) is 0.100. The maximum Gasteiger partial charge on any atom is 0.336 e. The summed E-state index contributed by atoms with van der Waals surface area (Å²) in [6.07, 6.45) is 0. The van der Waals surface area contributed by atoms with Crippen molar-refractivity contribution in [2.75, 3.05) is 12.0 Å². The van der Waals surface area contributed by atoms with Crippen molar-refractivity contribution in [2.45, 2.75) is 0 Å². The van der Waals surface area contributed by atoms with Crippen molar-refractivity contribution in [3.63, 3.8) is 0 Å². The van der Waals surface area contributed by atoms with Gasteiger partial charge in [-0.3, -0.25) is 14.9 Å². The smallest absolute Gasteiger partial charge is 0.336 e. The average molecular weight is 299 g/mol. The zero-order valence-electron chi connectivity index (χ0n) is 8.69. The Kier molecular flexibility index (Phi) is 2.84. The van der Waals surface area contributed by atoms with Gasteiger partial charge in [-0.15, -0.1) is 0 Å². The molecule has 17 heavy (non-hydrogen) atoms. The minimum atomic E-state index is -0.947. The van der Waals surface area contributed by atoms with Crippen molar-refractivity contribution in [3.8, 4) is 5.75 Å². The highest BCUT2D eigenvalue weighted by atomic mass is 79.9. The van der Waals surface area contributed by atoms with E-state index in [9.17, 15) is 14.4 Å². The predicted molar refractivity (Wildman–Crippen MR) is 61.7 cm³/mol. The summed E-state index contributed by atoms with van der Waals surface area (Å²) in [6, 6.07) is 4.02. The van der Waals surface area contributed by atoms with E-state index < -0.39 is 17.8 Å². The molecule has 2 rings (SSSR count). The van der Waals surface area contributed by atoms with Crippen LogP contribution in [0.5, 0.6) is 5.75 Å². The third kappa shape index (κ3) is 1.89. The number of amides is 4. The van der Waals surface area contributed by atoms with Gasteiger partial charge in [0.15, 0.2) is 0 Å². The molecular formula is C10H7BrN2O4. The van der Waals surface area contributed by atoms with Gasteiger partial charge in [0.05, 0.1) is 12.8 Å². The number of methoxy groups -OCH3 is 1. The van der Waals surface area contributed by atoms with Crippen LogP contribution in [0.15, 0.2) is 22.7 Å². The van der Waals surface area contributed by atoms with Crippen molar-refractivity contribution in [1.29, 1.82) is 0 Å². The Hall–Kier alpha value is -1.89. The predicted octanol–water partition coefficient (Wildman–Crippen LogP) is 1.04. The lowest BCUT2D eigenvalue weighted by Gasteiger charge is -2.15. The molecule has 1 heterocycles. The van der Waals surface area contributed by atoms with Crippen LogP contribution in [0.25, 0.3) is 0 Å². The average Bonchev–Trinajstić information content (AvgIpc) is 2.53. The van der Waals surface area contributed by atoms with Crippen LogP contribution in [0.3, 0.4) is 0 Å². The number of hydrogen-bond donors (Lipinski definition) is 1. The van der Waals surface area contributed by atoms with Crippen LogP contribution in [-0.4, -0.2) is 25.0 Å². The minimum Gasteiger partial charge on any atom is -0.495 e. The standard InChI is InChI=1S/C10H7BrN2O4/c1-17-7-3-2-5(11)4-6(7)13-9(15)8(14)12-10(13)16/h2-4H,1H3,(H,12,14,16). The summed E-state index contributed by atoms with van der Waals surface area (Å²) in [5.74, 6) is -1.55. The van der Waals surface area contributed by atoms with E-state index in [0.717, 1.165) is 4.90 Å². The van der Waals surface area contributed by atoms with Gasteiger partial charge >= 0.3 is 17.8 Å². The first kappa shape index (κ1) is 11.6. The molecule has 0 radical (unpaired) electrons. The van der Waals surface area contributed by atoms with Gasteiger partial charge < -0.3 is 4.74 Å². The Morgan fingerprint density at radius 2 is 2.00 bits per heavy atom. The van der Waals surface area contributed by atoms with E-state index >= 15 is 0 Å². The van der Waals surface area contributed by atoms with E-state index in [1.807, 2.05) is 5.32 Å². The number of carbonyl (C=O) groups excluding carboxylic acids is 3. The van der Waals surface area contributed by atoms with Crippen LogP contribution in [-0.2, 0) is 9.59 Å². The molecule has 0 saturated carbocycles. The molecule has 0 aliphatic carbocycles. The quantitative estimate of drug-likeness (QED) is 0.654. The van der Waals surface area contributed by atoms with Crippen LogP contribution < -0.4 is 15.0 Å². The van der Waals surface area contributed by atoms with E-state index in [0.29, 0.717) is 10.2 Å². The van der Waals surface area contributed by atoms with Crippen molar-refractivity contribution in [3.05, 3.63) is 22.7 Å². The summed E-state index contributed by atoms with van der Waals surface area (Å²) >= 11 is 3.22. The van der Waals surface area contributed by atoms with E-state index in [1.165, 1.54) is 13.2 Å². The van der Waals surface area contributed by atoms with Crippen molar-refractivity contribution < 1.29 is 19.1 Å². The number of urea groups is 1. The van der Waals surface area contributed by atoms with Crippen LogP contribution in [0.2, 0.25) is 0 Å². The number of halogens is 1. The second-order valence-electron chi connectivity index (χ2n) is 3.22. The zero-order chi connectivity index (χ0) is 12.6. The van der Waals surface area contributed by atoms with Gasteiger partial charge in [0.25, 0.3) is 0 Å². The van der Waals surface area contributed by atoms with Gasteiger partial charge in [0.2, 0.25) is 0 Å². The fourth-order valence-corrected chi connectivity index (χ4v) is 1.81. The highest BCUT2D eigenvalue weighted by molar-refractivity contribution is 9.10. The Labute approximate surface area is 105 Å². The molecule has 7 heteroatoms. The van der Waals surface area contributed by atoms with Crippen LogP contribution in [0.4, 0.5) is 10.5 Å². The van der Waals surface area contributed by atoms with E-state index in [4.69, 9.17) is 4.74 Å². The number of benzene rings is 1. The SMILES string of the molecule is COc1ccc(Br)cc1N1C(=O)NC(=O)C1=O. The summed E-state index contributed by atoms with van der Waals surface area (Å²) in [7, 11) is 1.41. The molecule has 1 aliphatic heterocycles. The second-order valence-corrected chi connectivity index (χ2v) is 4.13. The molecular weight excluding hydrogens is 292 g/mol. The number of carbonyl (C=O) groups is 3. The van der Waals surface area contributed by atoms with Crippen molar-refractivity contribution in [1.82, 2.24) is 5.32 Å². The van der Waals surface area contributed by atoms with Gasteiger partial charge in [0, 0.05) is 4.47 Å². The third-order valence-electron chi connectivity index (χ3n) is 2.20. The number of rotatable bonds is 2. The first-order valence-corrected chi connectivity index (χ1v) is 5.37. The summed E-state index contributed by atoms with van der Waals surface area (Å²) < 4.78 is 5.70. The molecule has 1 fully saturated rings. The molecule has 0 aromatic heterocycles. The van der Waals surface area contributed by atoms with Gasteiger partial charge in [0.1, 0.15) is 5.75 Å². The molecule has 0 spiro atoms. The van der Waals surface area contributed by atoms with Crippen LogP contribution in [0, 0.1) is 0 Å². The largest absolute Gasteiger partial charge is 0.495 e. The first-order chi connectivity index (χ1) is 8.04. The minimum absolute atomic E-state index is 0.218. The number of imide groups is 2. The lowest BCUT2D eigenvalue weighted by atomic mass is 10.2. The highest BCUT2D eigenvalue weighted by Gasteiger charge is 2.39. The monoisotopic (exact) mass is 298 g/mol. The maximum absolute atomic E-state index is 11.5. The molecule has 88 valence electrons. The Morgan fingerprint density at radius 1 is 1.29 bits per heavy atom. The number of ether oxygens (including phenoxy) is 1. The summed E-state index contributed by atoms with van der Waals surface area (Å²) in [4.78, 5) is 34.8. The summed E-state index contributed by atoms with van der Waals surface area (Å²) in [5, 5.41) is 1.91. The molecule has 1 saturated heterocycles. The normalized spacial score (nSPS) is 15.2. The summed E-state index contributed by atoms with van der Waals surface area (Å²) in [5.41, 5.74) is 0.218. The Bertz CT molecular complexity index is 529. The van der Waals surface area contributed by atoms with Crippen molar-refractivity contribution in [2.24, 2.45) is 0 Å². The molecule has 6 nitrogen and oxygen atoms in total. The molecule has 0 atom stereocenters. The molecule has 1 aromatic carbocycles. The lowest BCUT2D eigenvalue weighted by molar-refractivity contribution is -0.134. The first-order valence-electron chi connectivity index (χ1n) is 4.57. The highest BCUT2D eigenvalue weighted by Crippen LogP contribution is 2.32. The number of anilines is 1. The molecule has 1 aromatic rings. The Morgan fingerprint density at radius 3 is 2.53 bits per heavy atom. The number of nitrogens with one attached hydrogen (secondary N) is 1. The Balaban J connectivity index is 2.53. The zero-order valence-corrected chi connectivity index (χ0v) is 10.3. The van der Waals surface area contributed by atoms with Gasteiger partial charge in [-0.1, -0.05) is 15.9 Å². The summed E-state index contributed by atoms with van der Waals surface area (Å²) in [6.45, 7) is 0. The van der Waals surface area contributed by atoms with Gasteiger partial charge in [-0.2, -0.15) is 0 Å². The van der Waals surface area contributed by atoms with Crippen LogP contribution >= 0.6 is 15.9 Å². The maximum atomic E-state index is 11.5. The van der Waals surface area contributed by atoms with E-state index in [2.05, 4.69) is 15.9 Å². The van der Waals surface area contributed by atoms with Crippen molar-refractivity contribution >= 4 is 39.5 Å². The molecule has 0 unspecified atom stereocenters. The molecule has 1 aliphatic rings. The second kappa shape index (κ2) is 4.17. The number of hydrogen-bond acceptors (Lipinski definition) is 4. The molecule has 1 N–H and O–H groups in total. The fourth-order valence-electron chi connectivity index (χ4n) is 1.46. The molecule has 4 amide bonds. The number of nitrogens with zero attached hydrogens (tertiary/aromatic N) is 1. The van der Waals surface area contributed by atoms with Gasteiger partial charge in [-0.05, 0) is 18.2 Å². The van der Waals surface area contributed by atoms with Gasteiger partial charge in [-0.25, -0.2) is 9.69 Å². The van der Waals surface area contributed by atoms with Crippen LogP contribution in [0.1, 0.15) is 0 Å². The molecule has 0 bridgehead atoms. The van der Waals surface area contributed by atoms with E-state index in [-0.39, 0.29) is 5.69 Å². The van der Waals surface area contributed by atoms with E-state index in [1.54, 1.807) is 12.1 Å². The third-order valence-corrected chi connectivity index (χ3v) is 2.70.